The van der Waals surface area contributed by atoms with Crippen molar-refractivity contribution in [2.24, 2.45) is 0 Å². The normalized spacial score (nSPS) is 13.5. The van der Waals surface area contributed by atoms with Crippen molar-refractivity contribution in [2.45, 2.75) is 5.92 Å². The zero-order valence-corrected chi connectivity index (χ0v) is 14.7. The van der Waals surface area contributed by atoms with Crippen molar-refractivity contribution in [1.82, 2.24) is 15.5 Å². The van der Waals surface area contributed by atoms with Gasteiger partial charge in [0, 0.05) is 27.2 Å². The number of hydrogen-bond acceptors (Lipinski definition) is 3. The van der Waals surface area contributed by atoms with Gasteiger partial charge in [0.25, 0.3) is 0 Å². The topological polar surface area (TPSA) is 61.4 Å². The highest BCUT2D eigenvalue weighted by Gasteiger charge is 2.23. The molecule has 0 unspecified atom stereocenters. The van der Waals surface area contributed by atoms with E-state index in [9.17, 15) is 9.59 Å². The van der Waals surface area contributed by atoms with Gasteiger partial charge in [0.1, 0.15) is 0 Å². The summed E-state index contributed by atoms with van der Waals surface area (Å²) < 4.78 is 0. The first-order chi connectivity index (χ1) is 12.1. The van der Waals surface area contributed by atoms with E-state index >= 15 is 0 Å². The van der Waals surface area contributed by atoms with E-state index in [1.165, 1.54) is 0 Å². The molecule has 0 atom stereocenters. The van der Waals surface area contributed by atoms with Crippen LogP contribution < -0.4 is 10.6 Å². The molecule has 1 saturated heterocycles. The number of carbonyl (C=O) groups is 2. The van der Waals surface area contributed by atoms with Crippen LogP contribution in [0, 0.1) is 0 Å². The standard InChI is InChI=1S/C16H17NO.C4H8N2O/c1-17(2)16(18)15(13-9-5-3-6-10-13)14-11-7-4-8-12-14;7-4-3-5-1-2-6-4/h3-12,15H,1-2H3;5H,1-3H2,(H,6,7). The lowest BCUT2D eigenvalue weighted by Gasteiger charge is -2.21. The minimum absolute atomic E-state index is 0.103. The van der Waals surface area contributed by atoms with Gasteiger partial charge in [-0.25, -0.2) is 0 Å². The number of nitrogens with zero attached hydrogens (tertiary/aromatic N) is 1. The van der Waals surface area contributed by atoms with Crippen LogP contribution in [0.2, 0.25) is 0 Å². The van der Waals surface area contributed by atoms with Gasteiger partial charge in [0.15, 0.2) is 0 Å². The summed E-state index contributed by atoms with van der Waals surface area (Å²) in [5, 5.41) is 5.60. The van der Waals surface area contributed by atoms with E-state index in [1.54, 1.807) is 19.0 Å². The van der Waals surface area contributed by atoms with Gasteiger partial charge < -0.3 is 15.5 Å². The van der Waals surface area contributed by atoms with Gasteiger partial charge in [-0.05, 0) is 11.1 Å². The summed E-state index contributed by atoms with van der Waals surface area (Å²) in [6.07, 6.45) is 0. The maximum Gasteiger partial charge on any atom is 0.234 e. The molecular formula is C20H25N3O2. The zero-order valence-electron chi connectivity index (χ0n) is 14.7. The number of rotatable bonds is 3. The van der Waals surface area contributed by atoms with Crippen LogP contribution in [0.15, 0.2) is 60.7 Å². The maximum atomic E-state index is 12.4. The second-order valence-electron chi connectivity index (χ2n) is 6.01. The smallest absolute Gasteiger partial charge is 0.234 e. The molecule has 132 valence electrons. The van der Waals surface area contributed by atoms with E-state index in [4.69, 9.17) is 0 Å². The molecule has 1 aliphatic rings. The summed E-state index contributed by atoms with van der Waals surface area (Å²) in [4.78, 5) is 24.3. The van der Waals surface area contributed by atoms with Crippen LogP contribution in [0.1, 0.15) is 17.0 Å². The fourth-order valence-corrected chi connectivity index (χ4v) is 2.58. The predicted molar refractivity (Wildman–Crippen MR) is 99.3 cm³/mol. The van der Waals surface area contributed by atoms with Crippen molar-refractivity contribution < 1.29 is 9.59 Å². The molecule has 0 bridgehead atoms. The third-order valence-corrected chi connectivity index (χ3v) is 3.86. The molecule has 5 nitrogen and oxygen atoms in total. The van der Waals surface area contributed by atoms with Gasteiger partial charge >= 0.3 is 0 Å². The Morgan fingerprint density at radius 3 is 1.76 bits per heavy atom. The maximum absolute atomic E-state index is 12.4. The molecule has 0 spiro atoms. The zero-order chi connectivity index (χ0) is 18.1. The molecule has 5 heteroatoms. The van der Waals surface area contributed by atoms with Crippen molar-refractivity contribution in [3.63, 3.8) is 0 Å². The molecule has 0 aromatic heterocycles. The molecule has 3 rings (SSSR count). The molecule has 2 amide bonds. The molecule has 2 aromatic rings. The second kappa shape index (κ2) is 9.59. The Balaban J connectivity index is 0.000000269. The summed E-state index contributed by atoms with van der Waals surface area (Å²) in [5.74, 6) is -0.0129. The number of likely N-dealkylation sites (N-methyl/N-ethyl adjacent to an activating group) is 1. The minimum Gasteiger partial charge on any atom is -0.354 e. The van der Waals surface area contributed by atoms with Crippen LogP contribution in [0.4, 0.5) is 0 Å². The van der Waals surface area contributed by atoms with Crippen molar-refractivity contribution >= 4 is 11.8 Å². The number of piperazine rings is 1. The number of hydrogen-bond donors (Lipinski definition) is 2. The van der Waals surface area contributed by atoms with Crippen LogP contribution in [-0.4, -0.2) is 50.4 Å². The molecule has 1 heterocycles. The summed E-state index contributed by atoms with van der Waals surface area (Å²) in [5.41, 5.74) is 2.06. The Bertz CT molecular complexity index is 624. The quantitative estimate of drug-likeness (QED) is 0.893. The fourth-order valence-electron chi connectivity index (χ4n) is 2.58. The van der Waals surface area contributed by atoms with Crippen LogP contribution in [0.3, 0.4) is 0 Å². The summed E-state index contributed by atoms with van der Waals surface area (Å²) in [7, 11) is 3.59. The van der Waals surface area contributed by atoms with Crippen LogP contribution >= 0.6 is 0 Å². The molecule has 1 aliphatic heterocycles. The number of nitrogens with one attached hydrogen (secondary N) is 2. The molecule has 0 aliphatic carbocycles. The lowest BCUT2D eigenvalue weighted by Crippen LogP contribution is -2.44. The van der Waals surface area contributed by atoms with E-state index in [0.29, 0.717) is 6.54 Å². The van der Waals surface area contributed by atoms with Gasteiger partial charge in [-0.2, -0.15) is 0 Å². The number of carbonyl (C=O) groups excluding carboxylic acids is 2. The second-order valence-corrected chi connectivity index (χ2v) is 6.01. The van der Waals surface area contributed by atoms with Crippen LogP contribution in [0.5, 0.6) is 0 Å². The van der Waals surface area contributed by atoms with E-state index in [2.05, 4.69) is 10.6 Å². The largest absolute Gasteiger partial charge is 0.354 e. The highest BCUT2D eigenvalue weighted by molar-refractivity contribution is 5.86. The summed E-state index contributed by atoms with van der Waals surface area (Å²) >= 11 is 0. The monoisotopic (exact) mass is 339 g/mol. The van der Waals surface area contributed by atoms with Gasteiger partial charge in [0.05, 0.1) is 12.5 Å². The highest BCUT2D eigenvalue weighted by atomic mass is 16.2. The van der Waals surface area contributed by atoms with Crippen molar-refractivity contribution in [1.29, 1.82) is 0 Å². The van der Waals surface area contributed by atoms with Crippen molar-refractivity contribution in [3.05, 3.63) is 71.8 Å². The third kappa shape index (κ3) is 5.72. The first kappa shape index (κ1) is 18.7. The van der Waals surface area contributed by atoms with E-state index in [1.807, 2.05) is 60.7 Å². The average Bonchev–Trinajstić information content (AvgIpc) is 2.65. The lowest BCUT2D eigenvalue weighted by atomic mass is 9.90. The summed E-state index contributed by atoms with van der Waals surface area (Å²) in [6.45, 7) is 2.17. The minimum atomic E-state index is -0.220. The van der Waals surface area contributed by atoms with Gasteiger partial charge in [-0.1, -0.05) is 60.7 Å². The van der Waals surface area contributed by atoms with E-state index in [0.717, 1.165) is 24.2 Å². The Morgan fingerprint density at radius 2 is 1.44 bits per heavy atom. The summed E-state index contributed by atoms with van der Waals surface area (Å²) in [6, 6.07) is 19.8. The van der Waals surface area contributed by atoms with Gasteiger partial charge in [-0.3, -0.25) is 9.59 Å². The lowest BCUT2D eigenvalue weighted by molar-refractivity contribution is -0.129. The Labute approximate surface area is 149 Å². The first-order valence-electron chi connectivity index (χ1n) is 8.38. The van der Waals surface area contributed by atoms with E-state index < -0.39 is 0 Å². The molecule has 2 aromatic carbocycles. The fraction of sp³-hybridized carbons (Fsp3) is 0.300. The molecule has 1 fully saturated rings. The SMILES string of the molecule is CN(C)C(=O)C(c1ccccc1)c1ccccc1.O=C1CNCCN1. The highest BCUT2D eigenvalue weighted by Crippen LogP contribution is 2.25. The molecule has 2 N–H and O–H groups in total. The molecule has 0 radical (unpaired) electrons. The van der Waals surface area contributed by atoms with Crippen LogP contribution in [0.25, 0.3) is 0 Å². The van der Waals surface area contributed by atoms with Crippen molar-refractivity contribution in [3.8, 4) is 0 Å². The Morgan fingerprint density at radius 1 is 0.920 bits per heavy atom. The Hall–Kier alpha value is -2.66. The van der Waals surface area contributed by atoms with E-state index in [-0.39, 0.29) is 17.7 Å². The molecule has 0 saturated carbocycles. The molecule has 25 heavy (non-hydrogen) atoms. The van der Waals surface area contributed by atoms with Crippen molar-refractivity contribution in [2.75, 3.05) is 33.7 Å². The number of benzene rings is 2. The third-order valence-electron chi connectivity index (χ3n) is 3.86. The number of amides is 2. The first-order valence-corrected chi connectivity index (χ1v) is 8.38. The predicted octanol–water partition coefficient (Wildman–Crippen LogP) is 1.61. The molecular weight excluding hydrogens is 314 g/mol. The van der Waals surface area contributed by atoms with Gasteiger partial charge in [-0.15, -0.1) is 0 Å². The van der Waals surface area contributed by atoms with Crippen LogP contribution in [-0.2, 0) is 9.59 Å². The average molecular weight is 339 g/mol. The van der Waals surface area contributed by atoms with Gasteiger partial charge in [0.2, 0.25) is 11.8 Å². The Kier molecular flexibility index (Phi) is 7.16.